The number of hydrogen-bond donors (Lipinski definition) is 2. The first-order chi connectivity index (χ1) is 12.0. The van der Waals surface area contributed by atoms with Gasteiger partial charge in [0.1, 0.15) is 0 Å². The van der Waals surface area contributed by atoms with E-state index in [0.717, 1.165) is 17.9 Å². The third-order valence-electron chi connectivity index (χ3n) is 3.72. The van der Waals surface area contributed by atoms with Crippen LogP contribution >= 0.6 is 24.0 Å². The fourth-order valence-corrected chi connectivity index (χ4v) is 2.75. The summed E-state index contributed by atoms with van der Waals surface area (Å²) in [6.45, 7) is 6.73. The number of carbonyl (C=O) groups is 1. The molecular formula is C18H26Cl2N4O2. The number of amides is 1. The Morgan fingerprint density at radius 3 is 2.73 bits per heavy atom. The Labute approximate surface area is 165 Å². The van der Waals surface area contributed by atoms with Crippen LogP contribution in [0.25, 0.3) is 5.69 Å². The molecule has 8 heteroatoms. The molecule has 144 valence electrons. The summed E-state index contributed by atoms with van der Waals surface area (Å²) in [4.78, 5) is 12.5. The van der Waals surface area contributed by atoms with Crippen LogP contribution in [0, 0.1) is 0 Å². The molecule has 2 aromatic rings. The molecule has 26 heavy (non-hydrogen) atoms. The van der Waals surface area contributed by atoms with Crippen molar-refractivity contribution in [3.8, 4) is 5.69 Å². The van der Waals surface area contributed by atoms with Gasteiger partial charge < -0.3 is 15.4 Å². The molecule has 2 rings (SSSR count). The summed E-state index contributed by atoms with van der Waals surface area (Å²) in [5.41, 5.74) is 2.30. The van der Waals surface area contributed by atoms with Crippen molar-refractivity contribution in [2.45, 2.75) is 19.8 Å². The number of hydrogen-bond acceptors (Lipinski definition) is 4. The normalized spacial score (nSPS) is 10.7. The van der Waals surface area contributed by atoms with Crippen molar-refractivity contribution < 1.29 is 9.53 Å². The minimum atomic E-state index is -0.120. The Morgan fingerprint density at radius 1 is 1.31 bits per heavy atom. The van der Waals surface area contributed by atoms with Gasteiger partial charge in [-0.15, -0.1) is 12.4 Å². The van der Waals surface area contributed by atoms with Crippen molar-refractivity contribution in [2.75, 3.05) is 33.4 Å². The first-order valence-corrected chi connectivity index (χ1v) is 8.74. The first-order valence-electron chi connectivity index (χ1n) is 8.36. The Hall–Kier alpha value is -1.60. The highest BCUT2D eigenvalue weighted by Crippen LogP contribution is 2.24. The summed E-state index contributed by atoms with van der Waals surface area (Å²) in [7, 11) is 1.66. The third kappa shape index (κ3) is 5.99. The molecule has 0 saturated heterocycles. The predicted molar refractivity (Wildman–Crippen MR) is 107 cm³/mol. The van der Waals surface area contributed by atoms with Gasteiger partial charge in [-0.05, 0) is 24.1 Å². The maximum Gasteiger partial charge on any atom is 0.254 e. The van der Waals surface area contributed by atoms with Crippen molar-refractivity contribution in [3.05, 3.63) is 46.7 Å². The van der Waals surface area contributed by atoms with Gasteiger partial charge in [-0.2, -0.15) is 5.10 Å². The van der Waals surface area contributed by atoms with E-state index in [0.29, 0.717) is 30.3 Å². The van der Waals surface area contributed by atoms with E-state index in [1.54, 1.807) is 18.0 Å². The molecule has 0 spiro atoms. The number of carbonyl (C=O) groups excluding carboxylic acids is 1. The van der Waals surface area contributed by atoms with Crippen LogP contribution in [0.1, 0.15) is 35.8 Å². The highest BCUT2D eigenvalue weighted by molar-refractivity contribution is 6.30. The zero-order valence-electron chi connectivity index (χ0n) is 15.3. The highest BCUT2D eigenvalue weighted by atomic mass is 35.5. The van der Waals surface area contributed by atoms with Gasteiger partial charge in [-0.1, -0.05) is 31.5 Å². The Balaban J connectivity index is 0.00000338. The molecular weight excluding hydrogens is 375 g/mol. The number of methoxy groups -OCH3 is 1. The lowest BCUT2D eigenvalue weighted by atomic mass is 10.1. The van der Waals surface area contributed by atoms with Crippen LogP contribution in [0.3, 0.4) is 0 Å². The third-order valence-corrected chi connectivity index (χ3v) is 3.96. The van der Waals surface area contributed by atoms with Gasteiger partial charge in [0.25, 0.3) is 5.91 Å². The fourth-order valence-electron chi connectivity index (χ4n) is 2.56. The monoisotopic (exact) mass is 400 g/mol. The van der Waals surface area contributed by atoms with Crippen molar-refractivity contribution in [3.63, 3.8) is 0 Å². The minimum absolute atomic E-state index is 0. The van der Waals surface area contributed by atoms with Gasteiger partial charge in [0.15, 0.2) is 0 Å². The summed E-state index contributed by atoms with van der Waals surface area (Å²) in [5, 5.41) is 11.2. The average Bonchev–Trinajstić information content (AvgIpc) is 3.03. The molecule has 0 atom stereocenters. The second-order valence-electron chi connectivity index (χ2n) is 5.99. The van der Waals surface area contributed by atoms with Crippen LogP contribution < -0.4 is 10.6 Å². The van der Waals surface area contributed by atoms with Gasteiger partial charge in [0.2, 0.25) is 0 Å². The van der Waals surface area contributed by atoms with Crippen molar-refractivity contribution in [1.82, 2.24) is 20.4 Å². The minimum Gasteiger partial charge on any atom is -0.383 e. The number of rotatable bonds is 9. The topological polar surface area (TPSA) is 68.2 Å². The molecule has 0 radical (unpaired) electrons. The number of benzene rings is 1. The number of aromatic nitrogens is 2. The lowest BCUT2D eigenvalue weighted by Crippen LogP contribution is -2.33. The molecule has 1 amide bonds. The van der Waals surface area contributed by atoms with Crippen molar-refractivity contribution in [2.24, 2.45) is 0 Å². The second kappa shape index (κ2) is 11.2. The quantitative estimate of drug-likeness (QED) is 0.634. The lowest BCUT2D eigenvalue weighted by molar-refractivity contribution is 0.0952. The smallest absolute Gasteiger partial charge is 0.254 e. The van der Waals surface area contributed by atoms with Crippen LogP contribution in [0.4, 0.5) is 0 Å². The van der Waals surface area contributed by atoms with Crippen LogP contribution in [0.2, 0.25) is 5.02 Å². The van der Waals surface area contributed by atoms with E-state index in [4.69, 9.17) is 16.3 Å². The van der Waals surface area contributed by atoms with Gasteiger partial charge in [0, 0.05) is 31.8 Å². The molecule has 1 aromatic heterocycles. The molecule has 0 aliphatic heterocycles. The van der Waals surface area contributed by atoms with Gasteiger partial charge in [-0.3, -0.25) is 4.79 Å². The van der Waals surface area contributed by atoms with Gasteiger partial charge >= 0.3 is 0 Å². The Morgan fingerprint density at radius 2 is 2.08 bits per heavy atom. The summed E-state index contributed by atoms with van der Waals surface area (Å²) in [6, 6.07) is 7.44. The highest BCUT2D eigenvalue weighted by Gasteiger charge is 2.20. The van der Waals surface area contributed by atoms with Crippen molar-refractivity contribution >= 4 is 29.9 Å². The van der Waals surface area contributed by atoms with E-state index in [9.17, 15) is 4.79 Å². The molecule has 6 nitrogen and oxygen atoms in total. The van der Waals surface area contributed by atoms with Crippen LogP contribution in [-0.4, -0.2) is 49.0 Å². The summed E-state index contributed by atoms with van der Waals surface area (Å²) < 4.78 is 6.74. The number of halogens is 2. The SMILES string of the molecule is COCCNCCNC(=O)c1cnn(-c2cccc(Cl)c2)c1C(C)C.Cl. The Kier molecular flexibility index (Phi) is 9.65. The summed E-state index contributed by atoms with van der Waals surface area (Å²) in [5.74, 6) is 0.0209. The number of nitrogens with one attached hydrogen (secondary N) is 2. The molecule has 0 aliphatic carbocycles. The molecule has 0 fully saturated rings. The summed E-state index contributed by atoms with van der Waals surface area (Å²) >= 11 is 6.08. The van der Waals surface area contributed by atoms with E-state index in [1.165, 1.54) is 0 Å². The van der Waals surface area contributed by atoms with E-state index >= 15 is 0 Å². The van der Waals surface area contributed by atoms with Crippen molar-refractivity contribution in [1.29, 1.82) is 0 Å². The van der Waals surface area contributed by atoms with E-state index in [-0.39, 0.29) is 24.2 Å². The molecule has 0 aliphatic rings. The summed E-state index contributed by atoms with van der Waals surface area (Å²) in [6.07, 6.45) is 1.62. The fraction of sp³-hybridized carbons (Fsp3) is 0.444. The van der Waals surface area contributed by atoms with Gasteiger partial charge in [0.05, 0.1) is 29.7 Å². The Bertz CT molecular complexity index is 704. The average molecular weight is 401 g/mol. The number of nitrogens with zero attached hydrogens (tertiary/aromatic N) is 2. The lowest BCUT2D eigenvalue weighted by Gasteiger charge is -2.13. The maximum atomic E-state index is 12.5. The van der Waals surface area contributed by atoms with Gasteiger partial charge in [-0.25, -0.2) is 4.68 Å². The maximum absolute atomic E-state index is 12.5. The van der Waals surface area contributed by atoms with Crippen LogP contribution in [0.15, 0.2) is 30.5 Å². The van der Waals surface area contributed by atoms with Crippen LogP contribution in [0.5, 0.6) is 0 Å². The van der Waals surface area contributed by atoms with E-state index < -0.39 is 0 Å². The zero-order valence-corrected chi connectivity index (χ0v) is 16.9. The van der Waals surface area contributed by atoms with Crippen LogP contribution in [-0.2, 0) is 4.74 Å². The predicted octanol–water partition coefficient (Wildman–Crippen LogP) is 3.04. The molecule has 0 unspecified atom stereocenters. The van der Waals surface area contributed by atoms with E-state index in [1.807, 2.05) is 38.1 Å². The molecule has 0 saturated carbocycles. The first kappa shape index (κ1) is 22.4. The number of ether oxygens (including phenoxy) is 1. The van der Waals surface area contributed by atoms with E-state index in [2.05, 4.69) is 15.7 Å². The molecule has 2 N–H and O–H groups in total. The zero-order chi connectivity index (χ0) is 18.2. The second-order valence-corrected chi connectivity index (χ2v) is 6.42. The largest absolute Gasteiger partial charge is 0.383 e. The molecule has 0 bridgehead atoms. The standard InChI is InChI=1S/C18H25ClN4O2.ClH/c1-13(2)17-16(18(24)21-8-7-20-9-10-25-3)12-22-23(17)15-6-4-5-14(19)11-15;/h4-6,11-13,20H,7-10H2,1-3H3,(H,21,24);1H. The molecule has 1 aromatic carbocycles. The molecule has 1 heterocycles.